The van der Waals surface area contributed by atoms with Crippen LogP contribution in [0.2, 0.25) is 0 Å². The fraction of sp³-hybridized carbons (Fsp3) is 0.250. The van der Waals surface area contributed by atoms with E-state index in [0.717, 1.165) is 0 Å². The Morgan fingerprint density at radius 2 is 2.38 bits per heavy atom. The molecule has 1 amide bonds. The second kappa shape index (κ2) is 4.32. The third-order valence-corrected chi connectivity index (χ3v) is 1.93. The van der Waals surface area contributed by atoms with E-state index in [1.807, 2.05) is 0 Å². The van der Waals surface area contributed by atoms with Crippen LogP contribution in [0.3, 0.4) is 0 Å². The number of halogens is 2. The van der Waals surface area contributed by atoms with Crippen molar-refractivity contribution < 1.29 is 9.18 Å². The predicted molar refractivity (Wildman–Crippen MR) is 49.9 cm³/mol. The maximum absolute atomic E-state index is 12.7. The van der Waals surface area contributed by atoms with Gasteiger partial charge in [-0.2, -0.15) is 0 Å². The van der Waals surface area contributed by atoms with E-state index in [9.17, 15) is 9.18 Å². The van der Waals surface area contributed by atoms with E-state index < -0.39 is 5.82 Å². The van der Waals surface area contributed by atoms with Crippen LogP contribution in [0.4, 0.5) is 4.39 Å². The molecule has 1 rings (SSSR count). The Morgan fingerprint density at radius 1 is 1.69 bits per heavy atom. The van der Waals surface area contributed by atoms with Gasteiger partial charge < -0.3 is 5.32 Å². The smallest absolute Gasteiger partial charge is 0.269 e. The molecule has 0 bridgehead atoms. The van der Waals surface area contributed by atoms with E-state index in [0.29, 0.717) is 6.54 Å². The van der Waals surface area contributed by atoms with Gasteiger partial charge in [0, 0.05) is 6.54 Å². The van der Waals surface area contributed by atoms with Gasteiger partial charge in [0.2, 0.25) is 0 Å². The lowest BCUT2D eigenvalue weighted by Crippen LogP contribution is -2.23. The van der Waals surface area contributed by atoms with Crippen molar-refractivity contribution in [2.45, 2.75) is 6.92 Å². The summed E-state index contributed by atoms with van der Waals surface area (Å²) in [6.45, 7) is 2.33. The van der Waals surface area contributed by atoms with E-state index in [4.69, 9.17) is 0 Å². The summed E-state index contributed by atoms with van der Waals surface area (Å²) in [6.07, 6.45) is 0. The maximum Gasteiger partial charge on any atom is 0.269 e. The third-order valence-electron chi connectivity index (χ3n) is 1.37. The monoisotopic (exact) mass is 246 g/mol. The van der Waals surface area contributed by atoms with Crippen molar-refractivity contribution in [1.82, 2.24) is 10.3 Å². The van der Waals surface area contributed by atoms with Gasteiger partial charge in [-0.15, -0.1) is 0 Å². The van der Waals surface area contributed by atoms with Gasteiger partial charge in [0.05, 0.1) is 0 Å². The van der Waals surface area contributed by atoms with Crippen LogP contribution in [0.15, 0.2) is 16.7 Å². The number of pyridine rings is 1. The average Bonchev–Trinajstić information content (AvgIpc) is 2.10. The van der Waals surface area contributed by atoms with Crippen molar-refractivity contribution in [3.05, 3.63) is 28.2 Å². The Bertz CT molecular complexity index is 330. The first-order valence-corrected chi connectivity index (χ1v) is 4.54. The summed E-state index contributed by atoms with van der Waals surface area (Å²) in [5.41, 5.74) is 0.204. The molecule has 1 heterocycles. The highest BCUT2D eigenvalue weighted by atomic mass is 79.9. The van der Waals surface area contributed by atoms with Crippen molar-refractivity contribution in [2.24, 2.45) is 0 Å². The van der Waals surface area contributed by atoms with Crippen LogP contribution in [0.5, 0.6) is 0 Å². The van der Waals surface area contributed by atoms with E-state index >= 15 is 0 Å². The largest absolute Gasteiger partial charge is 0.351 e. The Labute approximate surface area is 83.5 Å². The number of nitrogens with zero attached hydrogens (tertiary/aromatic N) is 1. The molecule has 70 valence electrons. The number of carbonyl (C=O) groups excluding carboxylic acids is 1. The molecule has 0 unspecified atom stereocenters. The summed E-state index contributed by atoms with van der Waals surface area (Å²) in [5, 5.41) is 2.56. The molecule has 1 aromatic rings. The lowest BCUT2D eigenvalue weighted by atomic mass is 10.3. The number of hydrogen-bond donors (Lipinski definition) is 1. The van der Waals surface area contributed by atoms with Crippen molar-refractivity contribution in [3.63, 3.8) is 0 Å². The Hall–Kier alpha value is -0.970. The van der Waals surface area contributed by atoms with E-state index in [1.54, 1.807) is 6.92 Å². The standard InChI is InChI=1S/C8H8BrFN2O/c1-2-11-8(13)6-4-3-5(10)7(9)12-6/h3-4H,2H2,1H3,(H,11,13). The van der Waals surface area contributed by atoms with Crippen LogP contribution < -0.4 is 5.32 Å². The fourth-order valence-corrected chi connectivity index (χ4v) is 1.12. The summed E-state index contributed by atoms with van der Waals surface area (Å²) in [5.74, 6) is -0.781. The minimum atomic E-state index is -0.479. The van der Waals surface area contributed by atoms with Crippen LogP contribution in [-0.4, -0.2) is 17.4 Å². The molecule has 0 fully saturated rings. The second-order valence-electron chi connectivity index (χ2n) is 2.33. The number of amides is 1. The lowest BCUT2D eigenvalue weighted by molar-refractivity contribution is 0.0950. The zero-order valence-electron chi connectivity index (χ0n) is 6.97. The number of nitrogens with one attached hydrogen (secondary N) is 1. The molecule has 0 saturated heterocycles. The van der Waals surface area contributed by atoms with Gasteiger partial charge in [0.1, 0.15) is 10.3 Å². The summed E-state index contributed by atoms with van der Waals surface area (Å²) < 4.78 is 12.8. The Balaban J connectivity index is 2.90. The molecule has 1 aromatic heterocycles. The topological polar surface area (TPSA) is 42.0 Å². The van der Waals surface area contributed by atoms with Gasteiger partial charge in [-0.25, -0.2) is 9.37 Å². The predicted octanol–water partition coefficient (Wildman–Crippen LogP) is 1.73. The van der Waals surface area contributed by atoms with Crippen molar-refractivity contribution in [3.8, 4) is 0 Å². The minimum absolute atomic E-state index is 0.0521. The molecule has 0 aliphatic carbocycles. The average molecular weight is 247 g/mol. The van der Waals surface area contributed by atoms with Crippen LogP contribution in [0.1, 0.15) is 17.4 Å². The summed E-state index contributed by atoms with van der Waals surface area (Å²) >= 11 is 2.90. The van der Waals surface area contributed by atoms with E-state index in [-0.39, 0.29) is 16.2 Å². The molecule has 0 atom stereocenters. The summed E-state index contributed by atoms with van der Waals surface area (Å²) in [6, 6.07) is 2.53. The first kappa shape index (κ1) is 10.1. The number of hydrogen-bond acceptors (Lipinski definition) is 2. The van der Waals surface area contributed by atoms with Crippen LogP contribution in [0, 0.1) is 5.82 Å². The maximum atomic E-state index is 12.7. The van der Waals surface area contributed by atoms with Crippen molar-refractivity contribution in [2.75, 3.05) is 6.54 Å². The highest BCUT2D eigenvalue weighted by molar-refractivity contribution is 9.10. The molecule has 0 radical (unpaired) electrons. The molecule has 13 heavy (non-hydrogen) atoms. The zero-order valence-corrected chi connectivity index (χ0v) is 8.56. The lowest BCUT2D eigenvalue weighted by Gasteiger charge is -2.01. The first-order chi connectivity index (χ1) is 6.15. The Morgan fingerprint density at radius 3 is 2.92 bits per heavy atom. The zero-order chi connectivity index (χ0) is 9.84. The highest BCUT2D eigenvalue weighted by Gasteiger charge is 2.08. The van der Waals surface area contributed by atoms with Crippen molar-refractivity contribution in [1.29, 1.82) is 0 Å². The number of aromatic nitrogens is 1. The first-order valence-electron chi connectivity index (χ1n) is 3.75. The van der Waals surface area contributed by atoms with Crippen LogP contribution in [-0.2, 0) is 0 Å². The number of rotatable bonds is 2. The molecular formula is C8H8BrFN2O. The quantitative estimate of drug-likeness (QED) is 0.808. The number of carbonyl (C=O) groups is 1. The normalized spacial score (nSPS) is 9.77. The summed E-state index contributed by atoms with van der Waals surface area (Å²) in [4.78, 5) is 14.9. The summed E-state index contributed by atoms with van der Waals surface area (Å²) in [7, 11) is 0. The highest BCUT2D eigenvalue weighted by Crippen LogP contribution is 2.12. The van der Waals surface area contributed by atoms with Crippen LogP contribution in [0.25, 0.3) is 0 Å². The van der Waals surface area contributed by atoms with Crippen LogP contribution >= 0.6 is 15.9 Å². The van der Waals surface area contributed by atoms with Gasteiger partial charge in [0.15, 0.2) is 5.82 Å². The van der Waals surface area contributed by atoms with Crippen molar-refractivity contribution >= 4 is 21.8 Å². The molecule has 0 aliphatic rings. The molecule has 5 heteroatoms. The van der Waals surface area contributed by atoms with Gasteiger partial charge >= 0.3 is 0 Å². The van der Waals surface area contributed by atoms with Gasteiger partial charge in [-0.05, 0) is 35.0 Å². The third kappa shape index (κ3) is 2.48. The molecule has 0 aliphatic heterocycles. The molecule has 0 saturated carbocycles. The van der Waals surface area contributed by atoms with E-state index in [2.05, 4.69) is 26.2 Å². The fourth-order valence-electron chi connectivity index (χ4n) is 0.795. The molecule has 1 N–H and O–H groups in total. The van der Waals surface area contributed by atoms with Gasteiger partial charge in [-0.3, -0.25) is 4.79 Å². The van der Waals surface area contributed by atoms with Gasteiger partial charge in [0.25, 0.3) is 5.91 Å². The molecule has 3 nitrogen and oxygen atoms in total. The molecular weight excluding hydrogens is 239 g/mol. The molecule has 0 aromatic carbocycles. The SMILES string of the molecule is CCNC(=O)c1ccc(F)c(Br)n1. The second-order valence-corrected chi connectivity index (χ2v) is 3.08. The Kier molecular flexibility index (Phi) is 3.36. The van der Waals surface area contributed by atoms with E-state index in [1.165, 1.54) is 12.1 Å². The minimum Gasteiger partial charge on any atom is -0.351 e. The molecule has 0 spiro atoms. The van der Waals surface area contributed by atoms with Gasteiger partial charge in [-0.1, -0.05) is 0 Å².